The van der Waals surface area contributed by atoms with E-state index in [1.54, 1.807) is 19.1 Å². The molecule has 46 heavy (non-hydrogen) atoms. The molecule has 10 nitrogen and oxygen atoms in total. The lowest BCUT2D eigenvalue weighted by Gasteiger charge is -2.37. The lowest BCUT2D eigenvalue weighted by molar-refractivity contribution is -0.119. The van der Waals surface area contributed by atoms with Crippen molar-refractivity contribution < 1.29 is 38.4 Å². The standard InChI is InChI=1S/C36H46N2O8/c1-4-43-22-18-35(39)37(2)30-11-7-9-27(23-30)25-46-34-24-38(36(40)41)19-17-32(34)28-13-15-31(16-14-28)45-21-8-20-44-26-29-10-5-6-12-33(29)42-3/h5-7,9-16,23,32,34H,4,8,17-22,24-26H2,1-3H3,(H,40,41). The molecule has 1 fully saturated rings. The molecule has 3 aromatic carbocycles. The van der Waals surface area contributed by atoms with Crippen LogP contribution in [-0.2, 0) is 32.2 Å². The number of benzene rings is 3. The number of methoxy groups -OCH3 is 1. The Kier molecular flexibility index (Phi) is 13.7. The van der Waals surface area contributed by atoms with Crippen LogP contribution < -0.4 is 14.4 Å². The first kappa shape index (κ1) is 34.7. The van der Waals surface area contributed by atoms with Gasteiger partial charge >= 0.3 is 6.09 Å². The third kappa shape index (κ3) is 10.2. The van der Waals surface area contributed by atoms with E-state index in [9.17, 15) is 14.7 Å². The number of hydrogen-bond acceptors (Lipinski definition) is 7. The van der Waals surface area contributed by atoms with Gasteiger partial charge in [-0.05, 0) is 54.8 Å². The maximum atomic E-state index is 12.6. The quantitative estimate of drug-likeness (QED) is 0.177. The number of piperidine rings is 1. The first-order valence-corrected chi connectivity index (χ1v) is 15.8. The van der Waals surface area contributed by atoms with Crippen molar-refractivity contribution in [3.8, 4) is 11.5 Å². The number of ether oxygens (including phenoxy) is 5. The van der Waals surface area contributed by atoms with E-state index in [1.165, 1.54) is 4.90 Å². The number of likely N-dealkylation sites (tertiary alicyclic amines) is 1. The minimum Gasteiger partial charge on any atom is -0.496 e. The predicted octanol–water partition coefficient (Wildman–Crippen LogP) is 6.12. The van der Waals surface area contributed by atoms with E-state index in [0.717, 1.165) is 40.3 Å². The highest BCUT2D eigenvalue weighted by atomic mass is 16.5. The Labute approximate surface area is 271 Å². The molecule has 3 aromatic rings. The molecule has 0 radical (unpaired) electrons. The topological polar surface area (TPSA) is 107 Å². The van der Waals surface area contributed by atoms with E-state index >= 15 is 0 Å². The highest BCUT2D eigenvalue weighted by Crippen LogP contribution is 2.32. The van der Waals surface area contributed by atoms with Crippen molar-refractivity contribution >= 4 is 17.7 Å². The van der Waals surface area contributed by atoms with Crippen molar-refractivity contribution in [2.45, 2.75) is 51.4 Å². The number of para-hydroxylation sites is 1. The Balaban J connectivity index is 1.29. The van der Waals surface area contributed by atoms with Crippen molar-refractivity contribution in [3.05, 3.63) is 89.5 Å². The molecule has 2 amide bonds. The van der Waals surface area contributed by atoms with Gasteiger partial charge in [-0.15, -0.1) is 0 Å². The zero-order valence-electron chi connectivity index (χ0n) is 27.1. The average Bonchev–Trinajstić information content (AvgIpc) is 3.09. The highest BCUT2D eigenvalue weighted by Gasteiger charge is 2.33. The minimum absolute atomic E-state index is 0.0269. The zero-order chi connectivity index (χ0) is 32.7. The maximum Gasteiger partial charge on any atom is 0.407 e. The van der Waals surface area contributed by atoms with Gasteiger partial charge in [-0.3, -0.25) is 4.79 Å². The fourth-order valence-electron chi connectivity index (χ4n) is 5.48. The van der Waals surface area contributed by atoms with Crippen LogP contribution in [-0.4, -0.2) is 81.8 Å². The van der Waals surface area contributed by atoms with Gasteiger partial charge in [0.25, 0.3) is 0 Å². The second kappa shape index (κ2) is 18.1. The lowest BCUT2D eigenvalue weighted by Crippen LogP contribution is -2.46. The lowest BCUT2D eigenvalue weighted by atomic mass is 9.87. The van der Waals surface area contributed by atoms with Gasteiger partial charge in [0.05, 0.1) is 59.2 Å². The average molecular weight is 635 g/mol. The molecule has 0 bridgehead atoms. The molecule has 0 aliphatic carbocycles. The van der Waals surface area contributed by atoms with Gasteiger partial charge in [0.15, 0.2) is 0 Å². The van der Waals surface area contributed by atoms with Crippen LogP contribution in [0.25, 0.3) is 0 Å². The summed E-state index contributed by atoms with van der Waals surface area (Å²) in [5, 5.41) is 9.67. The molecule has 1 N–H and O–H groups in total. The summed E-state index contributed by atoms with van der Waals surface area (Å²) in [7, 11) is 3.41. The van der Waals surface area contributed by atoms with E-state index in [1.807, 2.05) is 79.7 Å². The van der Waals surface area contributed by atoms with Crippen LogP contribution in [0.4, 0.5) is 10.5 Å². The Hall–Kier alpha value is -4.12. The summed E-state index contributed by atoms with van der Waals surface area (Å²) in [6, 6.07) is 23.5. The number of carbonyl (C=O) groups excluding carboxylic acids is 1. The zero-order valence-corrected chi connectivity index (χ0v) is 27.1. The Morgan fingerprint density at radius 1 is 0.957 bits per heavy atom. The van der Waals surface area contributed by atoms with Crippen LogP contribution in [0.1, 0.15) is 48.8 Å². The van der Waals surface area contributed by atoms with Crippen LogP contribution in [0.15, 0.2) is 72.8 Å². The number of anilines is 1. The molecule has 0 spiro atoms. The van der Waals surface area contributed by atoms with Crippen LogP contribution in [0, 0.1) is 0 Å². The second-order valence-electron chi connectivity index (χ2n) is 11.2. The molecule has 1 saturated heterocycles. The largest absolute Gasteiger partial charge is 0.496 e. The number of nitrogens with zero attached hydrogens (tertiary/aromatic N) is 2. The highest BCUT2D eigenvalue weighted by molar-refractivity contribution is 5.92. The summed E-state index contributed by atoms with van der Waals surface area (Å²) >= 11 is 0. The fraction of sp³-hybridized carbons (Fsp3) is 0.444. The predicted molar refractivity (Wildman–Crippen MR) is 176 cm³/mol. The molecule has 0 saturated carbocycles. The van der Waals surface area contributed by atoms with Crippen molar-refractivity contribution in [1.29, 1.82) is 0 Å². The fourth-order valence-corrected chi connectivity index (χ4v) is 5.48. The Morgan fingerprint density at radius 2 is 1.76 bits per heavy atom. The molecule has 0 aromatic heterocycles. The summed E-state index contributed by atoms with van der Waals surface area (Å²) in [6.45, 7) is 5.47. The number of amides is 2. The van der Waals surface area contributed by atoms with E-state index in [4.69, 9.17) is 23.7 Å². The second-order valence-corrected chi connectivity index (χ2v) is 11.2. The Bertz CT molecular complexity index is 1380. The van der Waals surface area contributed by atoms with Gasteiger partial charge in [-0.25, -0.2) is 4.79 Å². The van der Waals surface area contributed by atoms with E-state index in [0.29, 0.717) is 59.0 Å². The van der Waals surface area contributed by atoms with E-state index in [2.05, 4.69) is 0 Å². The minimum atomic E-state index is -0.947. The van der Waals surface area contributed by atoms with Gasteiger partial charge in [-0.1, -0.05) is 42.5 Å². The van der Waals surface area contributed by atoms with E-state index in [-0.39, 0.29) is 24.5 Å². The van der Waals surface area contributed by atoms with Crippen molar-refractivity contribution in [3.63, 3.8) is 0 Å². The van der Waals surface area contributed by atoms with Crippen molar-refractivity contribution in [2.24, 2.45) is 0 Å². The van der Waals surface area contributed by atoms with Gasteiger partial charge < -0.3 is 38.6 Å². The summed E-state index contributed by atoms with van der Waals surface area (Å²) in [5.41, 5.74) is 3.77. The van der Waals surface area contributed by atoms with Crippen molar-refractivity contribution in [2.75, 3.05) is 58.6 Å². The van der Waals surface area contributed by atoms with Crippen LogP contribution >= 0.6 is 0 Å². The van der Waals surface area contributed by atoms with Crippen LogP contribution in [0.3, 0.4) is 0 Å². The maximum absolute atomic E-state index is 12.6. The monoisotopic (exact) mass is 634 g/mol. The van der Waals surface area contributed by atoms with Gasteiger partial charge in [-0.2, -0.15) is 0 Å². The summed E-state index contributed by atoms with van der Waals surface area (Å²) in [6.07, 6.45) is 0.433. The molecule has 1 aliphatic heterocycles. The summed E-state index contributed by atoms with van der Waals surface area (Å²) in [5.74, 6) is 1.59. The first-order valence-electron chi connectivity index (χ1n) is 15.8. The number of rotatable bonds is 17. The number of hydrogen-bond donors (Lipinski definition) is 1. The Morgan fingerprint density at radius 3 is 2.52 bits per heavy atom. The van der Waals surface area contributed by atoms with Gasteiger partial charge in [0, 0.05) is 43.8 Å². The SMILES string of the molecule is CCOCCC(=O)N(C)c1cccc(COC2CN(C(=O)O)CCC2c2ccc(OCCCOCc3ccccc3OC)cc2)c1. The molecule has 4 rings (SSSR count). The van der Waals surface area contributed by atoms with Gasteiger partial charge in [0.1, 0.15) is 11.5 Å². The molecule has 1 aliphatic rings. The summed E-state index contributed by atoms with van der Waals surface area (Å²) < 4.78 is 28.8. The van der Waals surface area contributed by atoms with Crippen LogP contribution in [0.5, 0.6) is 11.5 Å². The van der Waals surface area contributed by atoms with E-state index < -0.39 is 6.09 Å². The molecule has 10 heteroatoms. The van der Waals surface area contributed by atoms with Crippen molar-refractivity contribution in [1.82, 2.24) is 4.90 Å². The first-order chi connectivity index (χ1) is 22.4. The number of carbonyl (C=O) groups is 2. The smallest absolute Gasteiger partial charge is 0.407 e. The third-order valence-corrected chi connectivity index (χ3v) is 8.09. The molecule has 2 unspecified atom stereocenters. The molecular weight excluding hydrogens is 588 g/mol. The molecule has 248 valence electrons. The molecular formula is C36H46N2O8. The normalized spacial score (nSPS) is 16.2. The van der Waals surface area contributed by atoms with Gasteiger partial charge in [0.2, 0.25) is 5.91 Å². The molecule has 2 atom stereocenters. The van der Waals surface area contributed by atoms with Crippen LogP contribution in [0.2, 0.25) is 0 Å². The number of carboxylic acid groups (broad SMARTS) is 1. The molecule has 1 heterocycles. The summed E-state index contributed by atoms with van der Waals surface area (Å²) in [4.78, 5) is 27.4. The third-order valence-electron chi connectivity index (χ3n) is 8.09.